The van der Waals surface area contributed by atoms with Crippen molar-refractivity contribution in [2.24, 2.45) is 34.8 Å². The molecule has 0 spiro atoms. The van der Waals surface area contributed by atoms with Gasteiger partial charge in [0.05, 0.1) is 29.0 Å². The molecule has 3 aromatic rings. The molecule has 3 unspecified atom stereocenters. The van der Waals surface area contributed by atoms with Gasteiger partial charge in [-0.15, -0.1) is 0 Å². The Kier molecular flexibility index (Phi) is 9.89. The number of rotatable bonds is 14. The van der Waals surface area contributed by atoms with Crippen molar-refractivity contribution in [1.29, 1.82) is 0 Å². The second-order valence-electron chi connectivity index (χ2n) is 9.21. The van der Waals surface area contributed by atoms with Gasteiger partial charge in [-0.05, 0) is 56.5 Å². The number of hydrogen-bond acceptors (Lipinski definition) is 7. The molecule has 10 N–H and O–H groups in total. The number of nitrogens with one attached hydrogen (secondary N) is 2. The molecule has 1 heterocycles. The molecule has 0 saturated heterocycles. The summed E-state index contributed by atoms with van der Waals surface area (Å²) in [4.78, 5) is 29.1. The molecular formula is C27H37N7O2. The van der Waals surface area contributed by atoms with Crippen LogP contribution >= 0.6 is 0 Å². The standard InChI is InChI=1S/C27H37N7O2/c28-15-21(16-29)27(31,33-18-35)13-12-24(30)23(11-10-19-6-2-1-3-7-19)26(36)34-22-14-20-8-4-5-9-25(20)32-17-22/h1-9,14,17-18,21,23-24H,10-13,15-16,28-31H2,(H,33,35)(H,34,36). The Morgan fingerprint density at radius 3 is 2.42 bits per heavy atom. The molecule has 1 aromatic heterocycles. The molecule has 0 aliphatic rings. The fraction of sp³-hybridized carbons (Fsp3) is 0.370. The van der Waals surface area contributed by atoms with Gasteiger partial charge in [0.25, 0.3) is 0 Å². The minimum Gasteiger partial charge on any atom is -0.340 e. The van der Waals surface area contributed by atoms with Crippen LogP contribution in [-0.4, -0.2) is 42.1 Å². The normalized spacial score (nSPS) is 14.7. The molecule has 0 radical (unpaired) electrons. The van der Waals surface area contributed by atoms with Gasteiger partial charge in [-0.25, -0.2) is 0 Å². The third kappa shape index (κ3) is 7.08. The number of amides is 2. The second-order valence-corrected chi connectivity index (χ2v) is 9.21. The first kappa shape index (κ1) is 27.2. The van der Waals surface area contributed by atoms with E-state index in [0.29, 0.717) is 37.8 Å². The van der Waals surface area contributed by atoms with Crippen LogP contribution in [0.3, 0.4) is 0 Å². The van der Waals surface area contributed by atoms with Crippen molar-refractivity contribution in [1.82, 2.24) is 10.3 Å². The Labute approximate surface area is 212 Å². The zero-order valence-electron chi connectivity index (χ0n) is 20.5. The number of aromatic nitrogens is 1. The number of fused-ring (bicyclic) bond motifs is 1. The number of carbonyl (C=O) groups is 2. The maximum atomic E-state index is 13.4. The quantitative estimate of drug-likeness (QED) is 0.146. The van der Waals surface area contributed by atoms with Gasteiger partial charge in [0.15, 0.2) is 0 Å². The van der Waals surface area contributed by atoms with Crippen LogP contribution in [0.1, 0.15) is 24.8 Å². The van der Waals surface area contributed by atoms with Crippen LogP contribution in [-0.2, 0) is 16.0 Å². The summed E-state index contributed by atoms with van der Waals surface area (Å²) in [7, 11) is 0. The largest absolute Gasteiger partial charge is 0.340 e. The number of anilines is 1. The number of carbonyl (C=O) groups excluding carboxylic acids is 2. The smallest absolute Gasteiger partial charge is 0.229 e. The lowest BCUT2D eigenvalue weighted by atomic mass is 9.83. The van der Waals surface area contributed by atoms with E-state index in [9.17, 15) is 9.59 Å². The summed E-state index contributed by atoms with van der Waals surface area (Å²) in [6.45, 7) is 0.436. The van der Waals surface area contributed by atoms with Gasteiger partial charge >= 0.3 is 0 Å². The minimum atomic E-state index is -1.11. The van der Waals surface area contributed by atoms with Gasteiger partial charge in [-0.3, -0.25) is 14.6 Å². The summed E-state index contributed by atoms with van der Waals surface area (Å²) in [6, 6.07) is 19.1. The number of benzene rings is 2. The Hall–Kier alpha value is -3.37. The van der Waals surface area contributed by atoms with Crippen molar-refractivity contribution < 1.29 is 9.59 Å². The predicted molar refractivity (Wildman–Crippen MR) is 144 cm³/mol. The molecular weight excluding hydrogens is 454 g/mol. The lowest BCUT2D eigenvalue weighted by Crippen LogP contribution is -2.62. The zero-order chi connectivity index (χ0) is 26.0. The molecule has 3 atom stereocenters. The molecule has 0 aliphatic carbocycles. The lowest BCUT2D eigenvalue weighted by Gasteiger charge is -2.37. The van der Waals surface area contributed by atoms with Gasteiger partial charge in [-0.2, -0.15) is 0 Å². The van der Waals surface area contributed by atoms with E-state index in [0.717, 1.165) is 16.5 Å². The van der Waals surface area contributed by atoms with Crippen LogP contribution in [0.4, 0.5) is 5.69 Å². The number of hydrogen-bond donors (Lipinski definition) is 6. The number of nitrogens with zero attached hydrogens (tertiary/aromatic N) is 1. The number of pyridine rings is 1. The predicted octanol–water partition coefficient (Wildman–Crippen LogP) is 1.46. The van der Waals surface area contributed by atoms with E-state index in [4.69, 9.17) is 22.9 Å². The van der Waals surface area contributed by atoms with Crippen LogP contribution in [0.15, 0.2) is 66.9 Å². The topological polar surface area (TPSA) is 175 Å². The first-order valence-corrected chi connectivity index (χ1v) is 12.3. The summed E-state index contributed by atoms with van der Waals surface area (Å²) in [5.74, 6) is -1.00. The molecule has 0 saturated carbocycles. The van der Waals surface area contributed by atoms with Gasteiger partial charge in [0.1, 0.15) is 0 Å². The van der Waals surface area contributed by atoms with Crippen LogP contribution < -0.4 is 33.6 Å². The number of para-hydroxylation sites is 1. The Balaban J connectivity index is 1.76. The first-order chi connectivity index (χ1) is 17.4. The summed E-state index contributed by atoms with van der Waals surface area (Å²) in [5.41, 5.74) is 26.2. The molecule has 0 fully saturated rings. The van der Waals surface area contributed by atoms with Crippen molar-refractivity contribution in [2.75, 3.05) is 18.4 Å². The van der Waals surface area contributed by atoms with E-state index < -0.39 is 17.6 Å². The van der Waals surface area contributed by atoms with Crippen LogP contribution in [0.2, 0.25) is 0 Å². The molecule has 2 amide bonds. The van der Waals surface area contributed by atoms with Gasteiger partial charge in [-0.1, -0.05) is 48.5 Å². The second kappa shape index (κ2) is 13.1. The van der Waals surface area contributed by atoms with Crippen molar-refractivity contribution in [3.8, 4) is 0 Å². The van der Waals surface area contributed by atoms with Crippen molar-refractivity contribution >= 4 is 28.9 Å². The highest BCUT2D eigenvalue weighted by Crippen LogP contribution is 2.24. The Morgan fingerprint density at radius 1 is 1.03 bits per heavy atom. The third-order valence-corrected chi connectivity index (χ3v) is 6.81. The zero-order valence-corrected chi connectivity index (χ0v) is 20.5. The van der Waals surface area contributed by atoms with E-state index in [1.165, 1.54) is 0 Å². The van der Waals surface area contributed by atoms with Crippen LogP contribution in [0.25, 0.3) is 10.9 Å². The van der Waals surface area contributed by atoms with Crippen molar-refractivity contribution in [3.63, 3.8) is 0 Å². The molecule has 192 valence electrons. The molecule has 9 heteroatoms. The van der Waals surface area contributed by atoms with Gasteiger partial charge < -0.3 is 33.6 Å². The molecule has 2 aromatic carbocycles. The highest BCUT2D eigenvalue weighted by molar-refractivity contribution is 5.94. The maximum absolute atomic E-state index is 13.4. The van der Waals surface area contributed by atoms with E-state index in [-0.39, 0.29) is 24.9 Å². The summed E-state index contributed by atoms with van der Waals surface area (Å²) in [5, 5.41) is 6.60. The minimum absolute atomic E-state index is 0.185. The molecule has 0 aliphatic heterocycles. The van der Waals surface area contributed by atoms with Crippen LogP contribution in [0, 0.1) is 11.8 Å². The molecule has 9 nitrogen and oxygen atoms in total. The van der Waals surface area contributed by atoms with Gasteiger partial charge in [0, 0.05) is 17.3 Å². The SMILES string of the molecule is NCC(CN)C(N)(CCC(N)C(CCc1ccccc1)C(=O)Nc1cnc2ccccc2c1)NC=O. The summed E-state index contributed by atoms with van der Waals surface area (Å²) < 4.78 is 0. The van der Waals surface area contributed by atoms with E-state index in [1.54, 1.807) is 6.20 Å². The van der Waals surface area contributed by atoms with E-state index >= 15 is 0 Å². The Bertz CT molecular complexity index is 1120. The highest BCUT2D eigenvalue weighted by Gasteiger charge is 2.35. The monoisotopic (exact) mass is 491 g/mol. The lowest BCUT2D eigenvalue weighted by molar-refractivity contribution is -0.121. The van der Waals surface area contributed by atoms with E-state index in [1.807, 2.05) is 60.7 Å². The molecule has 36 heavy (non-hydrogen) atoms. The molecule has 0 bridgehead atoms. The molecule has 3 rings (SSSR count). The fourth-order valence-electron chi connectivity index (χ4n) is 4.51. The third-order valence-electron chi connectivity index (χ3n) is 6.81. The van der Waals surface area contributed by atoms with Crippen molar-refractivity contribution in [2.45, 2.75) is 37.4 Å². The average molecular weight is 492 g/mol. The van der Waals surface area contributed by atoms with Gasteiger partial charge in [0.2, 0.25) is 12.3 Å². The maximum Gasteiger partial charge on any atom is 0.229 e. The van der Waals surface area contributed by atoms with Crippen molar-refractivity contribution in [3.05, 3.63) is 72.4 Å². The average Bonchev–Trinajstić information content (AvgIpc) is 2.89. The number of nitrogens with two attached hydrogens (primary N) is 4. The summed E-state index contributed by atoms with van der Waals surface area (Å²) >= 11 is 0. The first-order valence-electron chi connectivity index (χ1n) is 12.3. The summed E-state index contributed by atoms with van der Waals surface area (Å²) in [6.07, 6.45) is 4.17. The number of aryl methyl sites for hydroxylation is 1. The fourth-order valence-corrected chi connectivity index (χ4v) is 4.51. The van der Waals surface area contributed by atoms with E-state index in [2.05, 4.69) is 15.6 Å². The highest BCUT2D eigenvalue weighted by atomic mass is 16.2. The Morgan fingerprint density at radius 2 is 1.72 bits per heavy atom. The van der Waals surface area contributed by atoms with Crippen LogP contribution in [0.5, 0.6) is 0 Å².